The molecule has 2 amide bonds. The van der Waals surface area contributed by atoms with Gasteiger partial charge in [0.2, 0.25) is 0 Å². The van der Waals surface area contributed by atoms with E-state index in [4.69, 9.17) is 4.74 Å². The average Bonchev–Trinajstić information content (AvgIpc) is 3.04. The monoisotopic (exact) mass is 378 g/mol. The van der Waals surface area contributed by atoms with E-state index >= 15 is 0 Å². The Labute approximate surface area is 163 Å². The molecule has 7 heteroatoms. The molecule has 0 saturated carbocycles. The summed E-state index contributed by atoms with van der Waals surface area (Å²) in [5, 5.41) is 0. The molecule has 0 spiro atoms. The van der Waals surface area contributed by atoms with Gasteiger partial charge in [0.05, 0.1) is 16.6 Å². The number of hydrazine groups is 1. The number of nitrogens with zero attached hydrogens (tertiary/aromatic N) is 2. The van der Waals surface area contributed by atoms with Crippen LogP contribution < -0.4 is 15.6 Å². The third-order valence-corrected chi connectivity index (χ3v) is 4.30. The van der Waals surface area contributed by atoms with E-state index in [-0.39, 0.29) is 6.61 Å². The van der Waals surface area contributed by atoms with Gasteiger partial charge in [0, 0.05) is 12.1 Å². The number of benzene rings is 2. The largest absolute Gasteiger partial charge is 0.489 e. The molecule has 0 unspecified atom stereocenters. The van der Waals surface area contributed by atoms with Crippen molar-refractivity contribution in [2.45, 2.75) is 20.4 Å². The Hall–Kier alpha value is -3.61. The van der Waals surface area contributed by atoms with E-state index in [1.165, 1.54) is 0 Å². The minimum absolute atomic E-state index is 0.278. The molecule has 1 aromatic heterocycles. The quantitative estimate of drug-likeness (QED) is 0.510. The molecule has 2 N–H and O–H groups in total. The number of hydrogen-bond acceptors (Lipinski definition) is 4. The van der Waals surface area contributed by atoms with Gasteiger partial charge in [-0.1, -0.05) is 24.8 Å². The molecule has 2 aromatic carbocycles. The number of nitrogens with one attached hydrogen (secondary N) is 2. The van der Waals surface area contributed by atoms with Crippen LogP contribution in [0, 0.1) is 6.92 Å². The molecule has 3 rings (SSSR count). The van der Waals surface area contributed by atoms with Gasteiger partial charge in [0.15, 0.2) is 0 Å². The fourth-order valence-corrected chi connectivity index (χ4v) is 2.97. The molecule has 144 valence electrons. The van der Waals surface area contributed by atoms with Crippen molar-refractivity contribution in [3.05, 3.63) is 72.1 Å². The van der Waals surface area contributed by atoms with Crippen molar-refractivity contribution in [3.8, 4) is 5.75 Å². The molecule has 0 bridgehead atoms. The van der Waals surface area contributed by atoms with E-state index in [1.54, 1.807) is 42.5 Å². The predicted molar refractivity (Wildman–Crippen MR) is 107 cm³/mol. The van der Waals surface area contributed by atoms with E-state index in [1.807, 2.05) is 19.9 Å². The number of ether oxygens (including phenoxy) is 1. The highest BCUT2D eigenvalue weighted by atomic mass is 16.5. The van der Waals surface area contributed by atoms with Crippen molar-refractivity contribution in [1.29, 1.82) is 0 Å². The second-order valence-electron chi connectivity index (χ2n) is 6.11. The summed E-state index contributed by atoms with van der Waals surface area (Å²) in [5.74, 6) is 0.402. The number of aryl methyl sites for hydroxylation is 2. The number of aromatic nitrogens is 2. The number of fused-ring (bicyclic) bond motifs is 1. The van der Waals surface area contributed by atoms with Crippen LogP contribution in [-0.2, 0) is 6.54 Å². The number of rotatable bonds is 6. The lowest BCUT2D eigenvalue weighted by molar-refractivity contribution is 0.0844. The van der Waals surface area contributed by atoms with Gasteiger partial charge in [-0.25, -0.2) is 4.98 Å². The lowest BCUT2D eigenvalue weighted by Gasteiger charge is -2.11. The molecule has 0 saturated heterocycles. The number of hydrogen-bond donors (Lipinski definition) is 2. The maximum Gasteiger partial charge on any atom is 0.273 e. The van der Waals surface area contributed by atoms with E-state index in [0.717, 1.165) is 23.4 Å². The molecule has 0 aliphatic rings. The third kappa shape index (κ3) is 3.88. The number of amides is 2. The summed E-state index contributed by atoms with van der Waals surface area (Å²) in [6.45, 7) is 8.64. The van der Waals surface area contributed by atoms with Gasteiger partial charge in [0.1, 0.15) is 18.2 Å². The Morgan fingerprint density at radius 3 is 2.68 bits per heavy atom. The molecular weight excluding hydrogens is 356 g/mol. The first kappa shape index (κ1) is 19.2. The summed E-state index contributed by atoms with van der Waals surface area (Å²) in [6.07, 6.45) is 1.59. The number of imidazole rings is 1. The summed E-state index contributed by atoms with van der Waals surface area (Å²) in [4.78, 5) is 29.3. The van der Waals surface area contributed by atoms with Crippen LogP contribution in [0.5, 0.6) is 5.75 Å². The Kier molecular flexibility index (Phi) is 5.74. The molecule has 0 radical (unpaired) electrons. The topological polar surface area (TPSA) is 85.2 Å². The lowest BCUT2D eigenvalue weighted by Crippen LogP contribution is -2.41. The molecule has 0 aliphatic heterocycles. The van der Waals surface area contributed by atoms with Crippen LogP contribution in [0.25, 0.3) is 11.0 Å². The normalized spacial score (nSPS) is 10.5. The average molecular weight is 378 g/mol. The smallest absolute Gasteiger partial charge is 0.273 e. The van der Waals surface area contributed by atoms with Crippen LogP contribution in [0.4, 0.5) is 0 Å². The van der Waals surface area contributed by atoms with Crippen LogP contribution in [0.3, 0.4) is 0 Å². The highest BCUT2D eigenvalue weighted by Crippen LogP contribution is 2.19. The zero-order valence-electron chi connectivity index (χ0n) is 15.9. The Morgan fingerprint density at radius 2 is 1.93 bits per heavy atom. The molecule has 0 atom stereocenters. The zero-order valence-corrected chi connectivity index (χ0v) is 15.9. The van der Waals surface area contributed by atoms with E-state index < -0.39 is 11.8 Å². The third-order valence-electron chi connectivity index (χ3n) is 4.30. The maximum absolute atomic E-state index is 12.4. The number of carbonyl (C=O) groups excluding carboxylic acids is 2. The first-order valence-corrected chi connectivity index (χ1v) is 8.95. The zero-order chi connectivity index (χ0) is 20.1. The van der Waals surface area contributed by atoms with Gasteiger partial charge in [-0.15, -0.1) is 0 Å². The van der Waals surface area contributed by atoms with Gasteiger partial charge in [0.25, 0.3) is 11.8 Å². The summed E-state index contributed by atoms with van der Waals surface area (Å²) < 4.78 is 7.54. The molecule has 0 fully saturated rings. The van der Waals surface area contributed by atoms with Crippen molar-refractivity contribution >= 4 is 22.8 Å². The standard InChI is InChI=1S/C21H22N4O3/c1-4-12-28-19-9-7-6-8-16(19)21(27)24-23-20(26)15-10-11-18-17(13-15)22-14(3)25(18)5-2/h4,6-11,13H,1,5,12H2,2-3H3,(H,23,26)(H,24,27). The Balaban J connectivity index is 1.71. The fraction of sp³-hybridized carbons (Fsp3) is 0.190. The van der Waals surface area contributed by atoms with Crippen molar-refractivity contribution in [2.75, 3.05) is 6.61 Å². The summed E-state index contributed by atoms with van der Waals surface area (Å²) in [6, 6.07) is 12.0. The number of carbonyl (C=O) groups is 2. The second kappa shape index (κ2) is 8.39. The van der Waals surface area contributed by atoms with Gasteiger partial charge in [-0.2, -0.15) is 0 Å². The van der Waals surface area contributed by atoms with Crippen molar-refractivity contribution in [1.82, 2.24) is 20.4 Å². The van der Waals surface area contributed by atoms with E-state index in [2.05, 4.69) is 27.0 Å². The number of para-hydroxylation sites is 1. The molecule has 28 heavy (non-hydrogen) atoms. The first-order valence-electron chi connectivity index (χ1n) is 8.95. The Bertz CT molecular complexity index is 1040. The van der Waals surface area contributed by atoms with Crippen LogP contribution in [0.2, 0.25) is 0 Å². The highest BCUT2D eigenvalue weighted by molar-refractivity contribution is 6.01. The van der Waals surface area contributed by atoms with Crippen molar-refractivity contribution in [3.63, 3.8) is 0 Å². The second-order valence-corrected chi connectivity index (χ2v) is 6.11. The Morgan fingerprint density at radius 1 is 1.18 bits per heavy atom. The highest BCUT2D eigenvalue weighted by Gasteiger charge is 2.15. The van der Waals surface area contributed by atoms with Gasteiger partial charge >= 0.3 is 0 Å². The van der Waals surface area contributed by atoms with Gasteiger partial charge < -0.3 is 9.30 Å². The predicted octanol–water partition coefficient (Wildman–Crippen LogP) is 3.00. The van der Waals surface area contributed by atoms with Crippen LogP contribution in [-0.4, -0.2) is 28.0 Å². The van der Waals surface area contributed by atoms with Crippen molar-refractivity contribution < 1.29 is 14.3 Å². The molecular formula is C21H22N4O3. The summed E-state index contributed by atoms with van der Waals surface area (Å²) in [5.41, 5.74) is 7.28. The van der Waals surface area contributed by atoms with Crippen LogP contribution >= 0.6 is 0 Å². The van der Waals surface area contributed by atoms with Gasteiger partial charge in [-0.05, 0) is 44.2 Å². The molecule has 3 aromatic rings. The summed E-state index contributed by atoms with van der Waals surface area (Å²) in [7, 11) is 0. The molecule has 1 heterocycles. The molecule has 0 aliphatic carbocycles. The fourth-order valence-electron chi connectivity index (χ4n) is 2.97. The first-order chi connectivity index (χ1) is 13.5. The van der Waals surface area contributed by atoms with E-state index in [9.17, 15) is 9.59 Å². The van der Waals surface area contributed by atoms with Crippen LogP contribution in [0.15, 0.2) is 55.1 Å². The van der Waals surface area contributed by atoms with Crippen molar-refractivity contribution in [2.24, 2.45) is 0 Å². The lowest BCUT2D eigenvalue weighted by atomic mass is 10.2. The minimum atomic E-state index is -0.472. The SMILES string of the molecule is C=CCOc1ccccc1C(=O)NNC(=O)c1ccc2c(c1)nc(C)n2CC. The maximum atomic E-state index is 12.4. The van der Waals surface area contributed by atoms with Gasteiger partial charge in [-0.3, -0.25) is 20.4 Å². The minimum Gasteiger partial charge on any atom is -0.489 e. The summed E-state index contributed by atoms with van der Waals surface area (Å²) >= 11 is 0. The van der Waals surface area contributed by atoms with E-state index in [0.29, 0.717) is 16.9 Å². The van der Waals surface area contributed by atoms with Crippen LogP contribution in [0.1, 0.15) is 33.5 Å². The molecule has 7 nitrogen and oxygen atoms in total.